The van der Waals surface area contributed by atoms with Crippen LogP contribution in [0.25, 0.3) is 0 Å². The highest BCUT2D eigenvalue weighted by atomic mass is 16.2. The van der Waals surface area contributed by atoms with E-state index in [4.69, 9.17) is 5.73 Å². The molecule has 0 bridgehead atoms. The van der Waals surface area contributed by atoms with Crippen molar-refractivity contribution < 1.29 is 14.4 Å². The monoisotopic (exact) mass is 277 g/mol. The number of rotatable bonds is 5. The molecule has 0 radical (unpaired) electrons. The highest BCUT2D eigenvalue weighted by molar-refractivity contribution is 5.97. The van der Waals surface area contributed by atoms with Crippen LogP contribution in [0.1, 0.15) is 27.6 Å². The summed E-state index contributed by atoms with van der Waals surface area (Å²) in [6.45, 7) is 2.06. The molecular weight excluding hydrogens is 258 g/mol. The fourth-order valence-corrected chi connectivity index (χ4v) is 1.82. The molecule has 0 fully saturated rings. The van der Waals surface area contributed by atoms with E-state index < -0.39 is 5.91 Å². The van der Waals surface area contributed by atoms with Gasteiger partial charge in [0, 0.05) is 31.8 Å². The molecule has 1 aromatic carbocycles. The molecule has 1 atom stereocenters. The van der Waals surface area contributed by atoms with Crippen LogP contribution in [0, 0.1) is 5.92 Å². The smallest absolute Gasteiger partial charge is 0.253 e. The van der Waals surface area contributed by atoms with Crippen LogP contribution in [-0.4, -0.2) is 43.3 Å². The molecule has 0 heterocycles. The van der Waals surface area contributed by atoms with Gasteiger partial charge in [-0.2, -0.15) is 0 Å². The minimum absolute atomic E-state index is 0.117. The van der Waals surface area contributed by atoms with E-state index >= 15 is 0 Å². The van der Waals surface area contributed by atoms with Crippen LogP contribution in [0.3, 0.4) is 0 Å². The third kappa shape index (κ3) is 3.81. The van der Waals surface area contributed by atoms with Crippen molar-refractivity contribution in [2.45, 2.75) is 6.92 Å². The third-order valence-electron chi connectivity index (χ3n) is 3.00. The van der Waals surface area contributed by atoms with E-state index in [-0.39, 0.29) is 17.7 Å². The third-order valence-corrected chi connectivity index (χ3v) is 3.00. The molecule has 20 heavy (non-hydrogen) atoms. The molecule has 3 amide bonds. The molecule has 0 aliphatic rings. The van der Waals surface area contributed by atoms with Gasteiger partial charge < -0.3 is 16.0 Å². The second-order valence-corrected chi connectivity index (χ2v) is 4.64. The molecule has 0 aliphatic carbocycles. The molecule has 1 rings (SSSR count). The second kappa shape index (κ2) is 6.70. The van der Waals surface area contributed by atoms with Gasteiger partial charge in [-0.1, -0.05) is 6.92 Å². The maximum atomic E-state index is 12.2. The summed E-state index contributed by atoms with van der Waals surface area (Å²) in [6, 6.07) is 6.10. The molecule has 0 spiro atoms. The van der Waals surface area contributed by atoms with E-state index in [9.17, 15) is 14.4 Å². The van der Waals surface area contributed by atoms with Crippen molar-refractivity contribution in [2.24, 2.45) is 11.7 Å². The molecule has 3 N–H and O–H groups in total. The summed E-state index contributed by atoms with van der Waals surface area (Å²) in [5.41, 5.74) is 5.93. The molecule has 6 nitrogen and oxygen atoms in total. The van der Waals surface area contributed by atoms with Crippen LogP contribution >= 0.6 is 0 Å². The maximum Gasteiger partial charge on any atom is 0.253 e. The molecule has 1 unspecified atom stereocenters. The number of hydrogen-bond donors (Lipinski definition) is 2. The minimum atomic E-state index is -0.536. The Balaban J connectivity index is 2.74. The summed E-state index contributed by atoms with van der Waals surface area (Å²) in [4.78, 5) is 36.0. The summed E-state index contributed by atoms with van der Waals surface area (Å²) in [7, 11) is 3.19. The summed E-state index contributed by atoms with van der Waals surface area (Å²) in [6.07, 6.45) is 0. The molecule has 0 saturated carbocycles. The van der Waals surface area contributed by atoms with Crippen molar-refractivity contribution in [2.75, 3.05) is 20.6 Å². The topological polar surface area (TPSA) is 92.5 Å². The van der Waals surface area contributed by atoms with E-state index in [0.717, 1.165) is 0 Å². The Morgan fingerprint density at radius 1 is 1.20 bits per heavy atom. The lowest BCUT2D eigenvalue weighted by Crippen LogP contribution is -2.37. The SMILES string of the molecule is CNC(=O)C(C)CN(C)C(=O)c1ccc(C(N)=O)cc1. The van der Waals surface area contributed by atoms with Gasteiger partial charge in [0.25, 0.3) is 5.91 Å². The molecule has 1 aromatic rings. The standard InChI is InChI=1S/C14H19N3O3/c1-9(13(19)16-2)8-17(3)14(20)11-6-4-10(5-7-11)12(15)18/h4-7,9H,8H2,1-3H3,(H2,15,18)(H,16,19). The van der Waals surface area contributed by atoms with Crippen LogP contribution in [0.4, 0.5) is 0 Å². The molecule has 0 saturated heterocycles. The Bertz CT molecular complexity index is 511. The summed E-state index contributed by atoms with van der Waals surface area (Å²) in [5, 5.41) is 2.54. The van der Waals surface area contributed by atoms with Gasteiger partial charge in [0.1, 0.15) is 0 Å². The Morgan fingerprint density at radius 2 is 1.70 bits per heavy atom. The predicted molar refractivity (Wildman–Crippen MR) is 75.2 cm³/mol. The summed E-state index contributed by atoms with van der Waals surface area (Å²) < 4.78 is 0. The highest BCUT2D eigenvalue weighted by Gasteiger charge is 2.18. The fourth-order valence-electron chi connectivity index (χ4n) is 1.82. The number of nitrogens with zero attached hydrogens (tertiary/aromatic N) is 1. The quantitative estimate of drug-likeness (QED) is 0.807. The first-order valence-electron chi connectivity index (χ1n) is 6.23. The van der Waals surface area contributed by atoms with Crippen molar-refractivity contribution >= 4 is 17.7 Å². The fraction of sp³-hybridized carbons (Fsp3) is 0.357. The number of primary amides is 1. The van der Waals surface area contributed by atoms with Gasteiger partial charge in [0.15, 0.2) is 0 Å². The van der Waals surface area contributed by atoms with Gasteiger partial charge in [-0.25, -0.2) is 0 Å². The first kappa shape index (κ1) is 15.7. The summed E-state index contributed by atoms with van der Waals surface area (Å²) in [5.74, 6) is -1.16. The van der Waals surface area contributed by atoms with Crippen LogP contribution in [0.2, 0.25) is 0 Å². The Kier molecular flexibility index (Phi) is 5.25. The van der Waals surface area contributed by atoms with Gasteiger partial charge in [-0.15, -0.1) is 0 Å². The van der Waals surface area contributed by atoms with Crippen molar-refractivity contribution in [3.8, 4) is 0 Å². The molecule has 0 aliphatic heterocycles. The van der Waals surface area contributed by atoms with E-state index in [1.165, 1.54) is 17.0 Å². The van der Waals surface area contributed by atoms with Crippen molar-refractivity contribution in [1.29, 1.82) is 0 Å². The number of carbonyl (C=O) groups excluding carboxylic acids is 3. The second-order valence-electron chi connectivity index (χ2n) is 4.64. The Labute approximate surface area is 117 Å². The highest BCUT2D eigenvalue weighted by Crippen LogP contribution is 2.08. The lowest BCUT2D eigenvalue weighted by molar-refractivity contribution is -0.124. The average molecular weight is 277 g/mol. The number of nitrogens with two attached hydrogens (primary N) is 1. The predicted octanol–water partition coefficient (Wildman–Crippen LogP) is 0.240. The lowest BCUT2D eigenvalue weighted by Gasteiger charge is -2.20. The van der Waals surface area contributed by atoms with Crippen molar-refractivity contribution in [3.63, 3.8) is 0 Å². The molecule has 108 valence electrons. The van der Waals surface area contributed by atoms with E-state index in [0.29, 0.717) is 17.7 Å². The normalized spacial score (nSPS) is 11.6. The van der Waals surface area contributed by atoms with Gasteiger partial charge in [-0.05, 0) is 24.3 Å². The van der Waals surface area contributed by atoms with E-state index in [1.807, 2.05) is 0 Å². The summed E-state index contributed by atoms with van der Waals surface area (Å²) >= 11 is 0. The minimum Gasteiger partial charge on any atom is -0.366 e. The zero-order chi connectivity index (χ0) is 15.3. The van der Waals surface area contributed by atoms with Crippen LogP contribution in [-0.2, 0) is 4.79 Å². The largest absolute Gasteiger partial charge is 0.366 e. The number of nitrogens with one attached hydrogen (secondary N) is 1. The maximum absolute atomic E-state index is 12.2. The Morgan fingerprint density at radius 3 is 2.15 bits per heavy atom. The zero-order valence-corrected chi connectivity index (χ0v) is 11.8. The average Bonchev–Trinajstić information content (AvgIpc) is 2.45. The van der Waals surface area contributed by atoms with Crippen molar-refractivity contribution in [3.05, 3.63) is 35.4 Å². The first-order chi connectivity index (χ1) is 9.36. The van der Waals surface area contributed by atoms with Gasteiger partial charge >= 0.3 is 0 Å². The van der Waals surface area contributed by atoms with Crippen LogP contribution in [0.5, 0.6) is 0 Å². The first-order valence-corrected chi connectivity index (χ1v) is 6.23. The number of benzene rings is 1. The number of carbonyl (C=O) groups is 3. The van der Waals surface area contributed by atoms with Gasteiger partial charge in [0.2, 0.25) is 11.8 Å². The lowest BCUT2D eigenvalue weighted by atomic mass is 10.1. The van der Waals surface area contributed by atoms with Gasteiger partial charge in [-0.3, -0.25) is 14.4 Å². The number of hydrogen-bond acceptors (Lipinski definition) is 3. The van der Waals surface area contributed by atoms with Crippen molar-refractivity contribution in [1.82, 2.24) is 10.2 Å². The molecule has 6 heteroatoms. The Hall–Kier alpha value is -2.37. The van der Waals surface area contributed by atoms with Crippen LogP contribution in [0.15, 0.2) is 24.3 Å². The molecule has 0 aromatic heterocycles. The van der Waals surface area contributed by atoms with Crippen LogP contribution < -0.4 is 11.1 Å². The zero-order valence-electron chi connectivity index (χ0n) is 11.8. The van der Waals surface area contributed by atoms with Gasteiger partial charge in [0.05, 0.1) is 5.92 Å². The molecular formula is C14H19N3O3. The van der Waals surface area contributed by atoms with E-state index in [1.54, 1.807) is 33.2 Å². The van der Waals surface area contributed by atoms with E-state index in [2.05, 4.69) is 5.32 Å². The number of amides is 3.